The molecule has 0 aromatic heterocycles. The number of benzene rings is 1. The fourth-order valence-electron chi connectivity index (χ4n) is 2.96. The monoisotopic (exact) mass is 298 g/mol. The van der Waals surface area contributed by atoms with Crippen LogP contribution in [0.3, 0.4) is 0 Å². The number of halogens is 1. The predicted molar refractivity (Wildman–Crippen MR) is 78.5 cm³/mol. The lowest BCUT2D eigenvalue weighted by atomic mass is 10.2. The van der Waals surface area contributed by atoms with E-state index in [-0.39, 0.29) is 23.4 Å². The van der Waals surface area contributed by atoms with Gasteiger partial charge in [0, 0.05) is 24.8 Å². The molecule has 6 heteroatoms. The van der Waals surface area contributed by atoms with Gasteiger partial charge in [-0.25, -0.2) is 12.8 Å². The normalized spacial score (nSPS) is 25.1. The van der Waals surface area contributed by atoms with Gasteiger partial charge in [-0.1, -0.05) is 0 Å². The van der Waals surface area contributed by atoms with Crippen LogP contribution in [0.15, 0.2) is 18.2 Å². The molecule has 1 aromatic rings. The third-order valence-corrected chi connectivity index (χ3v) is 5.77. The minimum absolute atomic E-state index is 0.1000. The topological polar surface area (TPSA) is 49.4 Å². The highest BCUT2D eigenvalue weighted by atomic mass is 32.2. The van der Waals surface area contributed by atoms with Crippen LogP contribution in [-0.4, -0.2) is 39.1 Å². The molecular formula is C14H19FN2O2S. The Morgan fingerprint density at radius 3 is 2.60 bits per heavy atom. The first-order valence-corrected chi connectivity index (χ1v) is 8.87. The molecule has 1 atom stereocenters. The quantitative estimate of drug-likeness (QED) is 0.927. The Morgan fingerprint density at radius 1 is 1.25 bits per heavy atom. The SMILES string of the molecule is O=S1(=O)CCC(Nc2ccc(N3CCCC3)c(F)c2)C1. The van der Waals surface area contributed by atoms with Crippen LogP contribution in [0.25, 0.3) is 0 Å². The summed E-state index contributed by atoms with van der Waals surface area (Å²) in [5.74, 6) is 0.124. The summed E-state index contributed by atoms with van der Waals surface area (Å²) in [6.07, 6.45) is 2.82. The number of nitrogens with one attached hydrogen (secondary N) is 1. The van der Waals surface area contributed by atoms with Crippen molar-refractivity contribution in [2.45, 2.75) is 25.3 Å². The van der Waals surface area contributed by atoms with Gasteiger partial charge in [-0.3, -0.25) is 0 Å². The van der Waals surface area contributed by atoms with Crippen LogP contribution in [0.1, 0.15) is 19.3 Å². The highest BCUT2D eigenvalue weighted by Crippen LogP contribution is 2.27. The molecule has 2 saturated heterocycles. The van der Waals surface area contributed by atoms with Crippen LogP contribution in [0.4, 0.5) is 15.8 Å². The molecule has 2 heterocycles. The second-order valence-electron chi connectivity index (χ2n) is 5.60. The molecule has 4 nitrogen and oxygen atoms in total. The van der Waals surface area contributed by atoms with Crippen molar-refractivity contribution in [3.63, 3.8) is 0 Å². The first kappa shape index (κ1) is 13.7. The van der Waals surface area contributed by atoms with Crippen LogP contribution < -0.4 is 10.2 Å². The molecule has 0 spiro atoms. The molecule has 0 radical (unpaired) electrons. The van der Waals surface area contributed by atoms with Gasteiger partial charge in [-0.2, -0.15) is 0 Å². The van der Waals surface area contributed by atoms with Crippen molar-refractivity contribution in [3.05, 3.63) is 24.0 Å². The summed E-state index contributed by atoms with van der Waals surface area (Å²) < 4.78 is 36.9. The Hall–Kier alpha value is -1.30. The highest BCUT2D eigenvalue weighted by Gasteiger charge is 2.27. The zero-order valence-corrected chi connectivity index (χ0v) is 12.1. The summed E-state index contributed by atoms with van der Waals surface area (Å²) >= 11 is 0. The minimum atomic E-state index is -2.91. The van der Waals surface area contributed by atoms with E-state index >= 15 is 0 Å². The summed E-state index contributed by atoms with van der Waals surface area (Å²) in [5, 5.41) is 3.12. The van der Waals surface area contributed by atoms with Gasteiger partial charge in [-0.05, 0) is 37.5 Å². The van der Waals surface area contributed by atoms with Crippen molar-refractivity contribution in [2.75, 3.05) is 34.8 Å². The largest absolute Gasteiger partial charge is 0.381 e. The summed E-state index contributed by atoms with van der Waals surface area (Å²) in [4.78, 5) is 2.05. The van der Waals surface area contributed by atoms with E-state index in [4.69, 9.17) is 0 Å². The van der Waals surface area contributed by atoms with Gasteiger partial charge in [0.05, 0.1) is 17.2 Å². The molecule has 110 valence electrons. The van der Waals surface area contributed by atoms with Gasteiger partial charge < -0.3 is 10.2 Å². The van der Waals surface area contributed by atoms with E-state index in [9.17, 15) is 12.8 Å². The minimum Gasteiger partial charge on any atom is -0.381 e. The molecule has 1 aromatic carbocycles. The zero-order valence-electron chi connectivity index (χ0n) is 11.3. The van der Waals surface area contributed by atoms with Gasteiger partial charge in [0.2, 0.25) is 0 Å². The van der Waals surface area contributed by atoms with Crippen molar-refractivity contribution in [2.24, 2.45) is 0 Å². The molecule has 2 aliphatic rings. The Labute approximate surface area is 118 Å². The summed E-state index contributed by atoms with van der Waals surface area (Å²) in [7, 11) is -2.91. The fourth-order valence-corrected chi connectivity index (χ4v) is 4.63. The average molecular weight is 298 g/mol. The first-order valence-electron chi connectivity index (χ1n) is 7.05. The van der Waals surface area contributed by atoms with Crippen molar-refractivity contribution in [3.8, 4) is 0 Å². The van der Waals surface area contributed by atoms with Crippen LogP contribution in [-0.2, 0) is 9.84 Å². The number of hydrogen-bond donors (Lipinski definition) is 1. The van der Waals surface area contributed by atoms with E-state index in [1.54, 1.807) is 6.07 Å². The molecule has 0 aliphatic carbocycles. The average Bonchev–Trinajstić information content (AvgIpc) is 2.99. The second kappa shape index (κ2) is 5.24. The highest BCUT2D eigenvalue weighted by molar-refractivity contribution is 7.91. The lowest BCUT2D eigenvalue weighted by Gasteiger charge is -2.20. The van der Waals surface area contributed by atoms with Crippen molar-refractivity contribution in [1.29, 1.82) is 0 Å². The first-order chi connectivity index (χ1) is 9.53. The Morgan fingerprint density at radius 2 is 2.00 bits per heavy atom. The van der Waals surface area contributed by atoms with Crippen LogP contribution >= 0.6 is 0 Å². The zero-order chi connectivity index (χ0) is 14.2. The van der Waals surface area contributed by atoms with Crippen molar-refractivity contribution < 1.29 is 12.8 Å². The Bertz CT molecular complexity index is 597. The number of nitrogens with zero attached hydrogens (tertiary/aromatic N) is 1. The van der Waals surface area contributed by atoms with E-state index in [1.807, 2.05) is 6.07 Å². The van der Waals surface area contributed by atoms with Crippen LogP contribution in [0.5, 0.6) is 0 Å². The molecule has 1 N–H and O–H groups in total. The van der Waals surface area contributed by atoms with Crippen molar-refractivity contribution in [1.82, 2.24) is 0 Å². The number of hydrogen-bond acceptors (Lipinski definition) is 4. The van der Waals surface area contributed by atoms with Gasteiger partial charge in [0.15, 0.2) is 9.84 Å². The molecule has 1 unspecified atom stereocenters. The smallest absolute Gasteiger partial charge is 0.152 e. The Kier molecular flexibility index (Phi) is 3.58. The molecule has 3 rings (SSSR count). The molecule has 0 amide bonds. The van der Waals surface area contributed by atoms with Gasteiger partial charge in [0.1, 0.15) is 5.82 Å². The van der Waals surface area contributed by atoms with E-state index in [2.05, 4.69) is 10.2 Å². The van der Waals surface area contributed by atoms with Gasteiger partial charge in [0.25, 0.3) is 0 Å². The lowest BCUT2D eigenvalue weighted by molar-refractivity contribution is 0.602. The third kappa shape index (κ3) is 2.90. The fraction of sp³-hybridized carbons (Fsp3) is 0.571. The van der Waals surface area contributed by atoms with Crippen LogP contribution in [0.2, 0.25) is 0 Å². The van der Waals surface area contributed by atoms with Gasteiger partial charge >= 0.3 is 0 Å². The summed E-state index contributed by atoms with van der Waals surface area (Å²) in [6.45, 7) is 1.81. The molecular weight excluding hydrogens is 279 g/mol. The van der Waals surface area contributed by atoms with E-state index in [0.29, 0.717) is 17.8 Å². The van der Waals surface area contributed by atoms with Gasteiger partial charge in [-0.15, -0.1) is 0 Å². The summed E-state index contributed by atoms with van der Waals surface area (Å²) in [5.41, 5.74) is 1.31. The third-order valence-electron chi connectivity index (χ3n) is 4.00. The maximum atomic E-state index is 14.1. The predicted octanol–water partition coefficient (Wildman–Crippen LogP) is 2.02. The summed E-state index contributed by atoms with van der Waals surface area (Å²) in [6, 6.07) is 4.99. The molecule has 20 heavy (non-hydrogen) atoms. The molecule has 2 fully saturated rings. The van der Waals surface area contributed by atoms with Crippen molar-refractivity contribution >= 4 is 21.2 Å². The van der Waals surface area contributed by atoms with E-state index in [0.717, 1.165) is 25.9 Å². The molecule has 0 saturated carbocycles. The standard InChI is InChI=1S/C14H19FN2O2S/c15-13-9-11(16-12-5-8-20(18,19)10-12)3-4-14(13)17-6-1-2-7-17/h3-4,9,12,16H,1-2,5-8,10H2. The lowest BCUT2D eigenvalue weighted by Crippen LogP contribution is -2.21. The maximum Gasteiger partial charge on any atom is 0.152 e. The second-order valence-corrected chi connectivity index (χ2v) is 7.83. The number of anilines is 2. The number of sulfone groups is 1. The van der Waals surface area contributed by atoms with E-state index < -0.39 is 9.84 Å². The number of rotatable bonds is 3. The maximum absolute atomic E-state index is 14.1. The molecule has 0 bridgehead atoms. The molecule has 2 aliphatic heterocycles. The van der Waals surface area contributed by atoms with E-state index in [1.165, 1.54) is 6.07 Å². The van der Waals surface area contributed by atoms with Crippen LogP contribution in [0, 0.1) is 5.82 Å². The Balaban J connectivity index is 1.71.